The van der Waals surface area contributed by atoms with E-state index in [0.29, 0.717) is 30.0 Å². The van der Waals surface area contributed by atoms with Crippen molar-refractivity contribution in [1.29, 1.82) is 0 Å². The van der Waals surface area contributed by atoms with Crippen LogP contribution < -0.4 is 10.6 Å². The molecular weight excluding hydrogens is 525 g/mol. The third kappa shape index (κ3) is 5.05. The summed E-state index contributed by atoms with van der Waals surface area (Å²) in [7, 11) is 1.55. The van der Waals surface area contributed by atoms with Crippen molar-refractivity contribution in [2.24, 2.45) is 10.9 Å². The van der Waals surface area contributed by atoms with E-state index in [9.17, 15) is 18.0 Å². The fraction of sp³-hybridized carbons (Fsp3) is 0.250. The zero-order valence-electron chi connectivity index (χ0n) is 21.1. The van der Waals surface area contributed by atoms with Crippen molar-refractivity contribution in [2.45, 2.75) is 24.7 Å². The highest BCUT2D eigenvalue weighted by molar-refractivity contribution is 6.19. The number of methoxy groups -OCH3 is 1. The zero-order chi connectivity index (χ0) is 27.9. The first kappa shape index (κ1) is 25.7. The van der Waals surface area contributed by atoms with Crippen molar-refractivity contribution in [1.82, 2.24) is 15.2 Å². The number of nitrogens with one attached hydrogen (secondary N) is 2. The second-order valence-electron chi connectivity index (χ2n) is 9.56. The molecule has 1 aliphatic heterocycles. The van der Waals surface area contributed by atoms with Crippen molar-refractivity contribution < 1.29 is 27.1 Å². The first-order valence-corrected chi connectivity index (χ1v) is 12.5. The predicted octanol–water partition coefficient (Wildman–Crippen LogP) is 5.13. The Labute approximate surface area is 226 Å². The van der Waals surface area contributed by atoms with E-state index in [1.165, 1.54) is 0 Å². The molecule has 9 nitrogen and oxygen atoms in total. The second-order valence-corrected chi connectivity index (χ2v) is 9.56. The number of pyridine rings is 1. The summed E-state index contributed by atoms with van der Waals surface area (Å²) in [4.78, 5) is 21.8. The number of benzene rings is 2. The van der Waals surface area contributed by atoms with Gasteiger partial charge in [0.2, 0.25) is 6.17 Å². The van der Waals surface area contributed by atoms with Gasteiger partial charge in [-0.3, -0.25) is 9.78 Å². The number of carbonyl (C=O) groups excluding carboxylic acids is 1. The van der Waals surface area contributed by atoms with Gasteiger partial charge in [-0.05, 0) is 36.0 Å². The Kier molecular flexibility index (Phi) is 6.54. The number of hydrogen-bond acceptors (Lipinski definition) is 8. The molecule has 2 unspecified atom stereocenters. The molecule has 3 heterocycles. The maximum atomic E-state index is 13.4. The van der Waals surface area contributed by atoms with Gasteiger partial charge in [-0.2, -0.15) is 13.2 Å². The number of rotatable bonds is 7. The number of fused-ring (bicyclic) bond motifs is 1. The summed E-state index contributed by atoms with van der Waals surface area (Å²) < 4.78 is 51.3. The summed E-state index contributed by atoms with van der Waals surface area (Å²) in [6.07, 6.45) is -4.28. The van der Waals surface area contributed by atoms with Gasteiger partial charge in [-0.25, -0.2) is 4.99 Å². The normalized spacial score (nSPS) is 20.2. The fourth-order valence-electron chi connectivity index (χ4n) is 4.80. The van der Waals surface area contributed by atoms with Crippen LogP contribution in [0.2, 0.25) is 0 Å². The van der Waals surface area contributed by atoms with Gasteiger partial charge in [0.15, 0.2) is 0 Å². The quantitative estimate of drug-likeness (QED) is 0.329. The number of aliphatic imine (C=N–C) groups is 1. The summed E-state index contributed by atoms with van der Waals surface area (Å²) in [5, 5.41) is 13.7. The topological polar surface area (TPSA) is 115 Å². The number of aromatic nitrogens is 3. The van der Waals surface area contributed by atoms with Crippen LogP contribution in [0.5, 0.6) is 0 Å². The molecule has 1 amide bonds. The number of ether oxygens (including phenoxy) is 1. The number of halogens is 3. The summed E-state index contributed by atoms with van der Waals surface area (Å²) in [5.41, 5.74) is 2.38. The minimum absolute atomic E-state index is 0.0663. The molecular formula is C28H23F3N6O3. The lowest BCUT2D eigenvalue weighted by atomic mass is 10.0. The molecule has 3 atom stereocenters. The number of amides is 1. The molecule has 1 aliphatic carbocycles. The van der Waals surface area contributed by atoms with Crippen molar-refractivity contribution in [3.63, 3.8) is 0 Å². The van der Waals surface area contributed by atoms with Crippen molar-refractivity contribution in [3.05, 3.63) is 89.1 Å². The number of benzodiazepines with no additional fused rings is 1. The molecule has 0 spiro atoms. The molecule has 1 fully saturated rings. The Morgan fingerprint density at radius 3 is 2.65 bits per heavy atom. The number of hydrogen-bond donors (Lipinski definition) is 2. The molecule has 2 aromatic carbocycles. The highest BCUT2D eigenvalue weighted by Gasteiger charge is 2.42. The first-order chi connectivity index (χ1) is 19.3. The number of para-hydroxylation sites is 1. The summed E-state index contributed by atoms with van der Waals surface area (Å²) in [5.74, 6) is -0.639. The van der Waals surface area contributed by atoms with Crippen LogP contribution in [-0.2, 0) is 15.7 Å². The van der Waals surface area contributed by atoms with Crippen LogP contribution in [0.15, 0.2) is 76.3 Å². The summed E-state index contributed by atoms with van der Waals surface area (Å²) >= 11 is 0. The van der Waals surface area contributed by atoms with Crippen LogP contribution in [0.25, 0.3) is 11.6 Å². The zero-order valence-corrected chi connectivity index (χ0v) is 21.1. The first-order valence-electron chi connectivity index (χ1n) is 12.5. The lowest BCUT2D eigenvalue weighted by Gasteiger charge is -2.12. The molecule has 6 rings (SSSR count). The summed E-state index contributed by atoms with van der Waals surface area (Å²) in [6, 6.07) is 17.7. The molecule has 204 valence electrons. The smallest absolute Gasteiger partial charge is 0.402 e. The van der Waals surface area contributed by atoms with Crippen molar-refractivity contribution in [2.75, 3.05) is 24.4 Å². The highest BCUT2D eigenvalue weighted by Crippen LogP contribution is 2.50. The summed E-state index contributed by atoms with van der Waals surface area (Å²) in [6.45, 7) is 0.415. The van der Waals surface area contributed by atoms with E-state index in [2.05, 4.69) is 30.8 Å². The lowest BCUT2D eigenvalue weighted by Crippen LogP contribution is -2.32. The molecule has 0 saturated heterocycles. The molecule has 1 saturated carbocycles. The monoisotopic (exact) mass is 548 g/mol. The standard InChI is InChI=1S/C28H23F3N6O3/c1-39-14-16-11-19(16)20-12-17(28(29,30)31)13-32-23(20)26-36-37-27(40-26)35-24-25(38)33-21-10-6-5-9-18(21)22(34-24)15-7-3-2-4-8-15/h2-10,12-13,16,19,24H,11,14H2,1H3,(H,33,38)(H,35,37)/t16-,19?,24?/m1/s1. The maximum absolute atomic E-state index is 13.4. The van der Waals surface area contributed by atoms with Gasteiger partial charge in [0.05, 0.1) is 17.0 Å². The average Bonchev–Trinajstić information content (AvgIpc) is 3.59. The fourth-order valence-corrected chi connectivity index (χ4v) is 4.80. The van der Waals surface area contributed by atoms with Crippen LogP contribution in [0, 0.1) is 5.92 Å². The van der Waals surface area contributed by atoms with Gasteiger partial charge < -0.3 is 19.8 Å². The Morgan fingerprint density at radius 2 is 1.88 bits per heavy atom. The molecule has 4 aromatic rings. The van der Waals surface area contributed by atoms with E-state index >= 15 is 0 Å². The Balaban J connectivity index is 1.32. The SMILES string of the molecule is COC[C@H]1CC1c1cc(C(F)(F)F)cnc1-c1nnc(NC2N=C(c3ccccc3)c3ccccc3NC2=O)o1. The molecule has 0 radical (unpaired) electrons. The van der Waals surface area contributed by atoms with Gasteiger partial charge in [0.1, 0.15) is 5.69 Å². The average molecular weight is 549 g/mol. The maximum Gasteiger partial charge on any atom is 0.417 e. The lowest BCUT2D eigenvalue weighted by molar-refractivity contribution is -0.137. The molecule has 40 heavy (non-hydrogen) atoms. The van der Waals surface area contributed by atoms with Gasteiger partial charge in [0, 0.05) is 31.0 Å². The predicted molar refractivity (Wildman–Crippen MR) is 140 cm³/mol. The van der Waals surface area contributed by atoms with Gasteiger partial charge in [0.25, 0.3) is 11.8 Å². The minimum Gasteiger partial charge on any atom is -0.402 e. The molecule has 2 aliphatic rings. The van der Waals surface area contributed by atoms with E-state index in [4.69, 9.17) is 9.15 Å². The van der Waals surface area contributed by atoms with Crippen LogP contribution in [0.3, 0.4) is 0 Å². The van der Waals surface area contributed by atoms with E-state index in [1.807, 2.05) is 48.5 Å². The Morgan fingerprint density at radius 1 is 1.10 bits per heavy atom. The van der Waals surface area contributed by atoms with Crippen molar-refractivity contribution >= 4 is 23.3 Å². The van der Waals surface area contributed by atoms with E-state index < -0.39 is 23.8 Å². The largest absolute Gasteiger partial charge is 0.417 e. The molecule has 12 heteroatoms. The van der Waals surface area contributed by atoms with Crippen LogP contribution >= 0.6 is 0 Å². The van der Waals surface area contributed by atoms with E-state index in [-0.39, 0.29) is 29.4 Å². The van der Waals surface area contributed by atoms with E-state index in [1.54, 1.807) is 13.2 Å². The number of anilines is 2. The van der Waals surface area contributed by atoms with Crippen LogP contribution in [-0.4, -0.2) is 46.7 Å². The van der Waals surface area contributed by atoms with Crippen LogP contribution in [0.4, 0.5) is 24.9 Å². The third-order valence-corrected chi connectivity index (χ3v) is 6.83. The third-order valence-electron chi connectivity index (χ3n) is 6.83. The van der Waals surface area contributed by atoms with Crippen LogP contribution in [0.1, 0.15) is 34.6 Å². The Hall–Kier alpha value is -4.58. The van der Waals surface area contributed by atoms with Gasteiger partial charge >= 0.3 is 12.2 Å². The molecule has 2 aromatic heterocycles. The van der Waals surface area contributed by atoms with E-state index in [0.717, 1.165) is 23.4 Å². The van der Waals surface area contributed by atoms with Gasteiger partial charge in [-0.1, -0.05) is 53.6 Å². The highest BCUT2D eigenvalue weighted by atomic mass is 19.4. The molecule has 0 bridgehead atoms. The Bertz CT molecular complexity index is 1590. The molecule has 2 N–H and O–H groups in total. The minimum atomic E-state index is -4.55. The number of alkyl halides is 3. The second kappa shape index (κ2) is 10.2. The van der Waals surface area contributed by atoms with Gasteiger partial charge in [-0.15, -0.1) is 5.10 Å². The number of nitrogens with zero attached hydrogens (tertiary/aromatic N) is 4. The van der Waals surface area contributed by atoms with Crippen molar-refractivity contribution in [3.8, 4) is 11.6 Å². The number of carbonyl (C=O) groups is 1.